The molecule has 1 heterocycles. The fourth-order valence-electron chi connectivity index (χ4n) is 1.84. The fourth-order valence-corrected chi connectivity index (χ4v) is 1.84. The maximum absolute atomic E-state index is 10.5. The van der Waals surface area contributed by atoms with E-state index in [1.807, 2.05) is 24.3 Å². The second-order valence-corrected chi connectivity index (χ2v) is 4.19. The smallest absolute Gasteiger partial charge is 0.243 e. The molecule has 0 fully saturated rings. The van der Waals surface area contributed by atoms with Gasteiger partial charge in [0.05, 0.1) is 13.7 Å². The molecular formula is C14H17N3O3. The van der Waals surface area contributed by atoms with E-state index in [0.29, 0.717) is 13.2 Å². The third-order valence-electron chi connectivity index (χ3n) is 2.75. The number of rotatable bonds is 7. The van der Waals surface area contributed by atoms with Crippen LogP contribution in [0.5, 0.6) is 5.75 Å². The van der Waals surface area contributed by atoms with Gasteiger partial charge in [-0.25, -0.2) is 4.98 Å². The average molecular weight is 275 g/mol. The summed E-state index contributed by atoms with van der Waals surface area (Å²) in [5, 5.41) is 5.21. The minimum Gasteiger partial charge on any atom is -0.497 e. The van der Waals surface area contributed by atoms with Crippen LogP contribution in [-0.2, 0) is 9.53 Å². The predicted octanol–water partition coefficient (Wildman–Crippen LogP) is 1.16. The van der Waals surface area contributed by atoms with Crippen molar-refractivity contribution in [3.63, 3.8) is 0 Å². The number of ether oxygens (including phenoxy) is 2. The van der Waals surface area contributed by atoms with E-state index in [1.165, 1.54) is 0 Å². The first kappa shape index (κ1) is 14.1. The van der Waals surface area contributed by atoms with E-state index < -0.39 is 5.91 Å². The maximum atomic E-state index is 10.5. The lowest BCUT2D eigenvalue weighted by atomic mass is 10.1. The zero-order chi connectivity index (χ0) is 14.4. The molecule has 0 aliphatic heterocycles. The Kier molecular flexibility index (Phi) is 4.73. The van der Waals surface area contributed by atoms with Crippen molar-refractivity contribution in [2.45, 2.75) is 0 Å². The van der Waals surface area contributed by atoms with E-state index in [1.54, 1.807) is 13.3 Å². The molecule has 0 saturated carbocycles. The van der Waals surface area contributed by atoms with Gasteiger partial charge in [-0.2, -0.15) is 0 Å². The van der Waals surface area contributed by atoms with Crippen molar-refractivity contribution in [1.82, 2.24) is 4.98 Å². The highest BCUT2D eigenvalue weighted by Gasteiger charge is 2.03. The molecule has 0 bridgehead atoms. The molecule has 0 aliphatic carbocycles. The number of nitrogens with two attached hydrogens (primary N) is 1. The van der Waals surface area contributed by atoms with Gasteiger partial charge >= 0.3 is 0 Å². The lowest BCUT2D eigenvalue weighted by Gasteiger charge is -2.09. The van der Waals surface area contributed by atoms with Gasteiger partial charge in [-0.15, -0.1) is 0 Å². The third kappa shape index (κ3) is 3.58. The molecule has 0 aliphatic rings. The molecule has 0 atom stereocenters. The number of primary amides is 1. The maximum Gasteiger partial charge on any atom is 0.243 e. The Morgan fingerprint density at radius 2 is 2.25 bits per heavy atom. The lowest BCUT2D eigenvalue weighted by molar-refractivity contribution is -0.122. The van der Waals surface area contributed by atoms with Crippen molar-refractivity contribution in [2.75, 3.05) is 32.2 Å². The summed E-state index contributed by atoms with van der Waals surface area (Å²) >= 11 is 0. The molecule has 0 radical (unpaired) electrons. The van der Waals surface area contributed by atoms with Gasteiger partial charge in [0.15, 0.2) is 0 Å². The van der Waals surface area contributed by atoms with Gasteiger partial charge in [-0.3, -0.25) is 4.79 Å². The molecule has 1 aromatic carbocycles. The molecule has 3 N–H and O–H groups in total. The topological polar surface area (TPSA) is 86.5 Å². The van der Waals surface area contributed by atoms with Gasteiger partial charge < -0.3 is 20.5 Å². The molecule has 6 nitrogen and oxygen atoms in total. The molecule has 1 aromatic heterocycles. The van der Waals surface area contributed by atoms with Crippen molar-refractivity contribution in [1.29, 1.82) is 0 Å². The summed E-state index contributed by atoms with van der Waals surface area (Å²) in [4.78, 5) is 14.8. The number of nitrogens with zero attached hydrogens (tertiary/aromatic N) is 1. The molecule has 0 saturated heterocycles. The fraction of sp³-hybridized carbons (Fsp3) is 0.286. The van der Waals surface area contributed by atoms with Crippen molar-refractivity contribution in [3.8, 4) is 5.75 Å². The van der Waals surface area contributed by atoms with Crippen LogP contribution < -0.4 is 15.8 Å². The second-order valence-electron chi connectivity index (χ2n) is 4.19. The molecule has 106 valence electrons. The number of nitrogens with one attached hydrogen (secondary N) is 1. The van der Waals surface area contributed by atoms with E-state index in [4.69, 9.17) is 15.2 Å². The molecular weight excluding hydrogens is 258 g/mol. The quantitative estimate of drug-likeness (QED) is 0.740. The summed E-state index contributed by atoms with van der Waals surface area (Å²) in [6.07, 6.45) is 1.73. The van der Waals surface area contributed by atoms with Crippen LogP contribution in [-0.4, -0.2) is 37.8 Å². The highest BCUT2D eigenvalue weighted by molar-refractivity contribution is 5.92. The molecule has 6 heteroatoms. The van der Waals surface area contributed by atoms with Gasteiger partial charge in [-0.05, 0) is 29.7 Å². The average Bonchev–Trinajstić information content (AvgIpc) is 2.46. The predicted molar refractivity (Wildman–Crippen MR) is 76.8 cm³/mol. The van der Waals surface area contributed by atoms with Crippen LogP contribution in [0.4, 0.5) is 5.82 Å². The number of carbonyl (C=O) groups is 1. The highest BCUT2D eigenvalue weighted by atomic mass is 16.5. The lowest BCUT2D eigenvalue weighted by Crippen LogP contribution is -2.20. The van der Waals surface area contributed by atoms with Crippen LogP contribution in [0.2, 0.25) is 0 Å². The Balaban J connectivity index is 2.01. The second kappa shape index (κ2) is 6.72. The minimum atomic E-state index is -0.472. The third-order valence-corrected chi connectivity index (χ3v) is 2.75. The number of aromatic nitrogens is 1. The van der Waals surface area contributed by atoms with Gasteiger partial charge in [0.1, 0.15) is 18.2 Å². The Hall–Kier alpha value is -2.34. The summed E-state index contributed by atoms with van der Waals surface area (Å²) in [7, 11) is 1.64. The number of anilines is 1. The van der Waals surface area contributed by atoms with E-state index in [0.717, 1.165) is 22.3 Å². The number of hydrogen-bond donors (Lipinski definition) is 2. The molecule has 1 amide bonds. The molecule has 2 aromatic rings. The number of methoxy groups -OCH3 is 1. The summed E-state index contributed by atoms with van der Waals surface area (Å²) in [6, 6.07) is 7.71. The van der Waals surface area contributed by atoms with Crippen molar-refractivity contribution in [3.05, 3.63) is 30.5 Å². The summed E-state index contributed by atoms with van der Waals surface area (Å²) in [5.41, 5.74) is 4.98. The zero-order valence-corrected chi connectivity index (χ0v) is 11.3. The van der Waals surface area contributed by atoms with E-state index in [9.17, 15) is 4.79 Å². The van der Waals surface area contributed by atoms with E-state index in [-0.39, 0.29) is 6.61 Å². The largest absolute Gasteiger partial charge is 0.497 e. The number of pyridine rings is 1. The summed E-state index contributed by atoms with van der Waals surface area (Å²) < 4.78 is 10.3. The van der Waals surface area contributed by atoms with Gasteiger partial charge in [0.2, 0.25) is 5.91 Å². The highest BCUT2D eigenvalue weighted by Crippen LogP contribution is 2.24. The first-order valence-corrected chi connectivity index (χ1v) is 6.23. The minimum absolute atomic E-state index is 0.0676. The van der Waals surface area contributed by atoms with Gasteiger partial charge in [0.25, 0.3) is 0 Å². The monoisotopic (exact) mass is 275 g/mol. The standard InChI is InChI=1S/C14H17N3O3/c1-19-11-2-3-12-10(8-11)4-5-16-14(12)17-6-7-20-9-13(15)18/h2-5,8H,6-7,9H2,1H3,(H2,15,18)(H,16,17). The Labute approximate surface area is 116 Å². The normalized spacial score (nSPS) is 10.4. The number of fused-ring (bicyclic) bond motifs is 1. The zero-order valence-electron chi connectivity index (χ0n) is 11.3. The number of hydrogen-bond acceptors (Lipinski definition) is 5. The first-order valence-electron chi connectivity index (χ1n) is 6.23. The summed E-state index contributed by atoms with van der Waals surface area (Å²) in [5.74, 6) is 1.10. The molecule has 0 spiro atoms. The molecule has 20 heavy (non-hydrogen) atoms. The first-order chi connectivity index (χ1) is 9.70. The Bertz CT molecular complexity index is 601. The SMILES string of the molecule is COc1ccc2c(NCCOCC(N)=O)nccc2c1. The molecule has 2 rings (SSSR count). The van der Waals surface area contributed by atoms with Gasteiger partial charge in [-0.1, -0.05) is 0 Å². The van der Waals surface area contributed by atoms with Crippen LogP contribution >= 0.6 is 0 Å². The van der Waals surface area contributed by atoms with Crippen LogP contribution in [0.1, 0.15) is 0 Å². The van der Waals surface area contributed by atoms with Crippen LogP contribution in [0.15, 0.2) is 30.5 Å². The van der Waals surface area contributed by atoms with E-state index in [2.05, 4.69) is 10.3 Å². The van der Waals surface area contributed by atoms with Crippen molar-refractivity contribution in [2.24, 2.45) is 5.73 Å². The van der Waals surface area contributed by atoms with E-state index >= 15 is 0 Å². The number of benzene rings is 1. The Morgan fingerprint density at radius 3 is 3.00 bits per heavy atom. The molecule has 0 unspecified atom stereocenters. The van der Waals surface area contributed by atoms with Crippen molar-refractivity contribution < 1.29 is 14.3 Å². The number of amides is 1. The number of carbonyl (C=O) groups excluding carboxylic acids is 1. The Morgan fingerprint density at radius 1 is 1.40 bits per heavy atom. The van der Waals surface area contributed by atoms with Crippen LogP contribution in [0, 0.1) is 0 Å². The summed E-state index contributed by atoms with van der Waals surface area (Å²) in [6.45, 7) is 0.866. The van der Waals surface area contributed by atoms with Crippen molar-refractivity contribution >= 4 is 22.5 Å². The van der Waals surface area contributed by atoms with Crippen LogP contribution in [0.25, 0.3) is 10.8 Å². The van der Waals surface area contributed by atoms with Gasteiger partial charge in [0, 0.05) is 18.1 Å². The van der Waals surface area contributed by atoms with Crippen LogP contribution in [0.3, 0.4) is 0 Å².